The number of hydrogen-bond acceptors (Lipinski definition) is 7. The zero-order chi connectivity index (χ0) is 25.2. The van der Waals surface area contributed by atoms with Crippen LogP contribution in [0.2, 0.25) is 0 Å². The van der Waals surface area contributed by atoms with E-state index in [2.05, 4.69) is 21.2 Å². The van der Waals surface area contributed by atoms with Gasteiger partial charge in [0.05, 0.1) is 31.2 Å². The van der Waals surface area contributed by atoms with Crippen molar-refractivity contribution in [3.05, 3.63) is 77.9 Å². The average Bonchev–Trinajstić information content (AvgIpc) is 2.86. The van der Waals surface area contributed by atoms with Crippen molar-refractivity contribution in [2.75, 3.05) is 24.4 Å². The summed E-state index contributed by atoms with van der Waals surface area (Å²) in [7, 11) is 1.40. The van der Waals surface area contributed by atoms with E-state index in [0.717, 1.165) is 0 Å². The zero-order valence-electron chi connectivity index (χ0n) is 19.1. The van der Waals surface area contributed by atoms with Gasteiger partial charge in [-0.3, -0.25) is 14.4 Å². The van der Waals surface area contributed by atoms with Crippen LogP contribution in [0, 0.1) is 0 Å². The number of ether oxygens (including phenoxy) is 2. The molecule has 35 heavy (non-hydrogen) atoms. The first-order valence-corrected chi connectivity index (χ1v) is 10.6. The van der Waals surface area contributed by atoms with Gasteiger partial charge < -0.3 is 25.2 Å². The van der Waals surface area contributed by atoms with Crippen molar-refractivity contribution in [1.82, 2.24) is 5.43 Å². The highest BCUT2D eigenvalue weighted by atomic mass is 16.5. The van der Waals surface area contributed by atoms with Gasteiger partial charge in [0.15, 0.2) is 11.5 Å². The van der Waals surface area contributed by atoms with E-state index in [9.17, 15) is 19.5 Å². The fourth-order valence-electron chi connectivity index (χ4n) is 2.99. The molecular weight excluding hydrogens is 452 g/mol. The van der Waals surface area contributed by atoms with Gasteiger partial charge in [0.1, 0.15) is 5.75 Å². The van der Waals surface area contributed by atoms with E-state index in [1.165, 1.54) is 25.5 Å². The number of phenols is 1. The summed E-state index contributed by atoms with van der Waals surface area (Å²) in [6.45, 7) is 2.40. The van der Waals surface area contributed by atoms with Crippen LogP contribution >= 0.6 is 0 Å². The summed E-state index contributed by atoms with van der Waals surface area (Å²) in [6.07, 6.45) is 1.17. The number of hydrogen-bond donors (Lipinski definition) is 4. The molecule has 3 aromatic rings. The lowest BCUT2D eigenvalue weighted by molar-refractivity contribution is -0.136. The molecule has 0 bridgehead atoms. The van der Waals surface area contributed by atoms with E-state index < -0.39 is 17.7 Å². The second-order valence-corrected chi connectivity index (χ2v) is 7.01. The van der Waals surface area contributed by atoms with Crippen LogP contribution in [0.4, 0.5) is 11.4 Å². The van der Waals surface area contributed by atoms with Crippen LogP contribution in [-0.4, -0.2) is 42.8 Å². The summed E-state index contributed by atoms with van der Waals surface area (Å²) in [6, 6.07) is 17.8. The van der Waals surface area contributed by atoms with Crippen LogP contribution in [0.1, 0.15) is 22.8 Å². The van der Waals surface area contributed by atoms with E-state index >= 15 is 0 Å². The van der Waals surface area contributed by atoms with Crippen molar-refractivity contribution in [3.8, 4) is 17.2 Å². The topological polar surface area (TPSA) is 138 Å². The minimum Gasteiger partial charge on any atom is -0.504 e. The number of nitrogens with zero attached hydrogens (tertiary/aromatic N) is 1. The quantitative estimate of drug-likeness (QED) is 0.224. The first kappa shape index (κ1) is 24.8. The normalized spacial score (nSPS) is 10.5. The Morgan fingerprint density at radius 2 is 1.69 bits per heavy atom. The van der Waals surface area contributed by atoms with Gasteiger partial charge in [0, 0.05) is 11.3 Å². The standard InChI is InChI=1S/C25H24N4O6/c1-3-35-18-13-11-17(12-14-18)27-23(31)19-8-4-5-9-20(19)28-24(32)25(33)29-26-15-16-7-6-10-21(34-2)22(16)30/h4-15,30H,3H2,1-2H3,(H,27,31)(H,28,32)(H,29,33)/b26-15+. The van der Waals surface area contributed by atoms with Gasteiger partial charge in [-0.2, -0.15) is 5.10 Å². The van der Waals surface area contributed by atoms with E-state index in [1.807, 2.05) is 6.92 Å². The molecule has 3 rings (SSSR count). The van der Waals surface area contributed by atoms with Crippen molar-refractivity contribution in [2.24, 2.45) is 5.10 Å². The molecule has 180 valence electrons. The van der Waals surface area contributed by atoms with E-state index in [0.29, 0.717) is 18.0 Å². The number of anilines is 2. The Labute approximate surface area is 201 Å². The third-order valence-electron chi connectivity index (χ3n) is 4.67. The maximum absolute atomic E-state index is 12.8. The number of phenolic OH excluding ortho intramolecular Hbond substituents is 1. The third-order valence-corrected chi connectivity index (χ3v) is 4.67. The van der Waals surface area contributed by atoms with E-state index in [4.69, 9.17) is 9.47 Å². The fourth-order valence-corrected chi connectivity index (χ4v) is 2.99. The van der Waals surface area contributed by atoms with Crippen LogP contribution in [0.15, 0.2) is 71.8 Å². The Kier molecular flexibility index (Phi) is 8.38. The highest BCUT2D eigenvalue weighted by Gasteiger charge is 2.18. The first-order chi connectivity index (χ1) is 16.9. The lowest BCUT2D eigenvalue weighted by Gasteiger charge is -2.11. The summed E-state index contributed by atoms with van der Waals surface area (Å²) in [5.74, 6) is -1.82. The second kappa shape index (κ2) is 11.8. The van der Waals surface area contributed by atoms with Gasteiger partial charge in [-0.1, -0.05) is 18.2 Å². The largest absolute Gasteiger partial charge is 0.504 e. The summed E-state index contributed by atoms with van der Waals surface area (Å²) in [5, 5.41) is 18.9. The number of para-hydroxylation sites is 2. The molecule has 10 heteroatoms. The molecule has 0 heterocycles. The molecule has 0 spiro atoms. The highest BCUT2D eigenvalue weighted by Crippen LogP contribution is 2.28. The number of carbonyl (C=O) groups excluding carboxylic acids is 3. The van der Waals surface area contributed by atoms with Gasteiger partial charge in [0.25, 0.3) is 5.91 Å². The van der Waals surface area contributed by atoms with E-state index in [-0.39, 0.29) is 28.3 Å². The molecule has 0 aliphatic rings. The van der Waals surface area contributed by atoms with Crippen LogP contribution in [0.3, 0.4) is 0 Å². The molecule has 4 N–H and O–H groups in total. The third kappa shape index (κ3) is 6.57. The van der Waals surface area contributed by atoms with Gasteiger partial charge in [0.2, 0.25) is 0 Å². The SMILES string of the molecule is CCOc1ccc(NC(=O)c2ccccc2NC(=O)C(=O)N/N=C/c2cccc(OC)c2O)cc1. The summed E-state index contributed by atoms with van der Waals surface area (Å²) >= 11 is 0. The number of hydrazone groups is 1. The Balaban J connectivity index is 1.63. The van der Waals surface area contributed by atoms with Gasteiger partial charge in [-0.15, -0.1) is 0 Å². The number of methoxy groups -OCH3 is 1. The predicted molar refractivity (Wildman–Crippen MR) is 131 cm³/mol. The molecule has 0 saturated carbocycles. The summed E-state index contributed by atoms with van der Waals surface area (Å²) in [5.41, 5.74) is 3.19. The van der Waals surface area contributed by atoms with Crippen LogP contribution < -0.4 is 25.5 Å². The number of benzene rings is 3. The second-order valence-electron chi connectivity index (χ2n) is 7.01. The minimum atomic E-state index is -1.06. The smallest absolute Gasteiger partial charge is 0.329 e. The number of rotatable bonds is 8. The maximum Gasteiger partial charge on any atom is 0.329 e. The van der Waals surface area contributed by atoms with Crippen molar-refractivity contribution in [3.63, 3.8) is 0 Å². The maximum atomic E-state index is 12.8. The number of nitrogens with one attached hydrogen (secondary N) is 3. The Morgan fingerprint density at radius 1 is 0.943 bits per heavy atom. The minimum absolute atomic E-state index is 0.144. The highest BCUT2D eigenvalue weighted by molar-refractivity contribution is 6.40. The summed E-state index contributed by atoms with van der Waals surface area (Å²) in [4.78, 5) is 37.3. The molecular formula is C25H24N4O6. The van der Waals surface area contributed by atoms with Crippen molar-refractivity contribution in [2.45, 2.75) is 6.92 Å². The van der Waals surface area contributed by atoms with Gasteiger partial charge >= 0.3 is 11.8 Å². The van der Waals surface area contributed by atoms with E-state index in [1.54, 1.807) is 54.6 Å². The number of carbonyl (C=O) groups is 3. The lowest BCUT2D eigenvalue weighted by Crippen LogP contribution is -2.33. The summed E-state index contributed by atoms with van der Waals surface area (Å²) < 4.78 is 10.4. The van der Waals surface area contributed by atoms with Gasteiger partial charge in [-0.25, -0.2) is 5.43 Å². The average molecular weight is 476 g/mol. The molecule has 0 aliphatic heterocycles. The van der Waals surface area contributed by atoms with Crippen LogP contribution in [0.25, 0.3) is 0 Å². The van der Waals surface area contributed by atoms with Crippen molar-refractivity contribution >= 4 is 35.3 Å². The van der Waals surface area contributed by atoms with Crippen molar-refractivity contribution < 1.29 is 29.0 Å². The van der Waals surface area contributed by atoms with Crippen molar-refractivity contribution in [1.29, 1.82) is 0 Å². The molecule has 10 nitrogen and oxygen atoms in total. The monoisotopic (exact) mass is 476 g/mol. The zero-order valence-corrected chi connectivity index (χ0v) is 19.1. The lowest BCUT2D eigenvalue weighted by atomic mass is 10.1. The molecule has 0 aliphatic carbocycles. The number of amides is 3. The Hall–Kier alpha value is -4.86. The number of aromatic hydroxyl groups is 1. The molecule has 0 fully saturated rings. The molecule has 0 radical (unpaired) electrons. The Morgan fingerprint density at radius 3 is 2.40 bits per heavy atom. The fraction of sp³-hybridized carbons (Fsp3) is 0.120. The van der Waals surface area contributed by atoms with Crippen LogP contribution in [-0.2, 0) is 9.59 Å². The van der Waals surface area contributed by atoms with Crippen LogP contribution in [0.5, 0.6) is 17.2 Å². The predicted octanol–water partition coefficient (Wildman–Crippen LogP) is 3.14. The first-order valence-electron chi connectivity index (χ1n) is 10.6. The van der Waals surface area contributed by atoms with Gasteiger partial charge in [-0.05, 0) is 55.5 Å². The Bertz CT molecular complexity index is 1240. The molecule has 0 saturated heterocycles. The molecule has 0 unspecified atom stereocenters. The molecule has 3 aromatic carbocycles. The molecule has 3 amide bonds. The molecule has 0 atom stereocenters. The molecule has 0 aromatic heterocycles.